The molecule has 3 heteroatoms. The Hall–Kier alpha value is -3.20. The monoisotopic (exact) mass is 360 g/mol. The lowest BCUT2D eigenvalue weighted by molar-refractivity contribution is 0.411. The zero-order valence-corrected chi connectivity index (χ0v) is 15.9. The highest BCUT2D eigenvalue weighted by molar-refractivity contribution is 5.98. The number of methoxy groups -OCH3 is 1. The summed E-state index contributed by atoms with van der Waals surface area (Å²) in [5, 5.41) is 19.4. The molecule has 0 aliphatic heterocycles. The Morgan fingerprint density at radius 3 is 1.70 bits per heavy atom. The summed E-state index contributed by atoms with van der Waals surface area (Å²) < 4.78 is 5.51. The van der Waals surface area contributed by atoms with E-state index in [-0.39, 0.29) is 11.5 Å². The SMILES string of the molecule is CCC(=C(c1ccc(O)cc1)c1ccc(O)cc1)c1ccc(C)c(OC)c1. The highest BCUT2D eigenvalue weighted by atomic mass is 16.5. The molecule has 0 unspecified atom stereocenters. The molecule has 138 valence electrons. The predicted molar refractivity (Wildman–Crippen MR) is 110 cm³/mol. The Morgan fingerprint density at radius 1 is 0.778 bits per heavy atom. The highest BCUT2D eigenvalue weighted by Gasteiger charge is 2.14. The van der Waals surface area contributed by atoms with Crippen LogP contribution < -0.4 is 4.74 Å². The molecule has 0 bridgehead atoms. The molecule has 0 atom stereocenters. The molecule has 0 heterocycles. The molecule has 0 amide bonds. The maximum atomic E-state index is 9.69. The van der Waals surface area contributed by atoms with E-state index in [1.165, 1.54) is 5.57 Å². The van der Waals surface area contributed by atoms with E-state index in [1.807, 2.05) is 31.2 Å². The maximum absolute atomic E-state index is 9.69. The molecule has 2 N–H and O–H groups in total. The normalized spacial score (nSPS) is 10.5. The summed E-state index contributed by atoms with van der Waals surface area (Å²) in [7, 11) is 1.68. The van der Waals surface area contributed by atoms with Gasteiger partial charge in [0.2, 0.25) is 0 Å². The molecule has 0 saturated carbocycles. The van der Waals surface area contributed by atoms with Gasteiger partial charge in [-0.3, -0.25) is 0 Å². The molecular formula is C24H24O3. The van der Waals surface area contributed by atoms with Crippen molar-refractivity contribution in [2.24, 2.45) is 0 Å². The molecular weight excluding hydrogens is 336 g/mol. The lowest BCUT2D eigenvalue weighted by Gasteiger charge is -2.17. The third kappa shape index (κ3) is 3.98. The van der Waals surface area contributed by atoms with E-state index < -0.39 is 0 Å². The van der Waals surface area contributed by atoms with Gasteiger partial charge in [-0.05, 0) is 77.1 Å². The summed E-state index contributed by atoms with van der Waals surface area (Å²) in [6, 6.07) is 20.7. The molecule has 0 saturated heterocycles. The highest BCUT2D eigenvalue weighted by Crippen LogP contribution is 2.37. The molecule has 3 aromatic rings. The van der Waals surface area contributed by atoms with Crippen LogP contribution in [-0.2, 0) is 0 Å². The minimum Gasteiger partial charge on any atom is -0.508 e. The third-order valence-corrected chi connectivity index (χ3v) is 4.72. The second-order valence-electron chi connectivity index (χ2n) is 6.49. The van der Waals surface area contributed by atoms with Crippen LogP contribution in [0.15, 0.2) is 66.7 Å². The largest absolute Gasteiger partial charge is 0.508 e. The molecule has 0 spiro atoms. The first-order valence-corrected chi connectivity index (χ1v) is 9.00. The quantitative estimate of drug-likeness (QED) is 0.567. The van der Waals surface area contributed by atoms with Gasteiger partial charge in [0.15, 0.2) is 0 Å². The third-order valence-electron chi connectivity index (χ3n) is 4.72. The van der Waals surface area contributed by atoms with Crippen LogP contribution in [0.25, 0.3) is 11.1 Å². The first-order valence-electron chi connectivity index (χ1n) is 9.00. The number of ether oxygens (including phenoxy) is 1. The van der Waals surface area contributed by atoms with Gasteiger partial charge in [0, 0.05) is 0 Å². The predicted octanol–water partition coefficient (Wildman–Crippen LogP) is 5.78. The lowest BCUT2D eigenvalue weighted by atomic mass is 9.88. The van der Waals surface area contributed by atoms with Gasteiger partial charge in [0.1, 0.15) is 17.2 Å². The Morgan fingerprint density at radius 2 is 1.26 bits per heavy atom. The number of phenols is 2. The van der Waals surface area contributed by atoms with Crippen LogP contribution in [0.5, 0.6) is 17.2 Å². The van der Waals surface area contributed by atoms with Gasteiger partial charge in [0.05, 0.1) is 7.11 Å². The van der Waals surface area contributed by atoms with Gasteiger partial charge >= 0.3 is 0 Å². The van der Waals surface area contributed by atoms with Crippen molar-refractivity contribution in [2.45, 2.75) is 20.3 Å². The minimum absolute atomic E-state index is 0.235. The van der Waals surface area contributed by atoms with Gasteiger partial charge in [-0.15, -0.1) is 0 Å². The number of hydrogen-bond donors (Lipinski definition) is 2. The van der Waals surface area contributed by atoms with E-state index >= 15 is 0 Å². The molecule has 0 aliphatic carbocycles. The summed E-state index contributed by atoms with van der Waals surface area (Å²) >= 11 is 0. The summed E-state index contributed by atoms with van der Waals surface area (Å²) in [5.74, 6) is 1.33. The van der Waals surface area contributed by atoms with Crippen LogP contribution in [0.4, 0.5) is 0 Å². The van der Waals surface area contributed by atoms with E-state index in [0.29, 0.717) is 0 Å². The Kier molecular flexibility index (Phi) is 5.51. The van der Waals surface area contributed by atoms with Crippen molar-refractivity contribution >= 4 is 11.1 Å². The topological polar surface area (TPSA) is 49.7 Å². The summed E-state index contributed by atoms with van der Waals surface area (Å²) in [5.41, 5.74) is 6.45. The first-order chi connectivity index (χ1) is 13.0. The maximum Gasteiger partial charge on any atom is 0.122 e. The van der Waals surface area contributed by atoms with Crippen LogP contribution in [0.3, 0.4) is 0 Å². The van der Waals surface area contributed by atoms with E-state index in [9.17, 15) is 10.2 Å². The standard InChI is InChI=1S/C24H24O3/c1-4-22(19-6-5-16(2)23(15-19)27-3)24(17-7-11-20(25)12-8-17)18-9-13-21(26)14-10-18/h5-15,25-26H,4H2,1-3H3. The van der Waals surface area contributed by atoms with Gasteiger partial charge in [0.25, 0.3) is 0 Å². The van der Waals surface area contributed by atoms with E-state index in [4.69, 9.17) is 4.74 Å². The van der Waals surface area contributed by atoms with Crippen LogP contribution in [0.2, 0.25) is 0 Å². The molecule has 0 fully saturated rings. The van der Waals surface area contributed by atoms with Crippen LogP contribution in [-0.4, -0.2) is 17.3 Å². The van der Waals surface area contributed by atoms with E-state index in [0.717, 1.165) is 40.0 Å². The number of hydrogen-bond acceptors (Lipinski definition) is 3. The average molecular weight is 360 g/mol. The second-order valence-corrected chi connectivity index (χ2v) is 6.49. The Labute approximate surface area is 160 Å². The van der Waals surface area contributed by atoms with Crippen molar-refractivity contribution in [3.63, 3.8) is 0 Å². The molecule has 0 aromatic heterocycles. The van der Waals surface area contributed by atoms with E-state index in [1.54, 1.807) is 31.4 Å². The molecule has 3 aromatic carbocycles. The van der Waals surface area contributed by atoms with Gasteiger partial charge in [-0.25, -0.2) is 0 Å². The first kappa shape index (κ1) is 18.6. The fraction of sp³-hybridized carbons (Fsp3) is 0.167. The molecule has 3 rings (SSSR count). The van der Waals surface area contributed by atoms with Gasteiger partial charge in [-0.1, -0.05) is 43.3 Å². The molecule has 0 aliphatic rings. The Balaban J connectivity index is 2.28. The minimum atomic E-state index is 0.235. The van der Waals surface area contributed by atoms with E-state index in [2.05, 4.69) is 25.1 Å². The zero-order valence-electron chi connectivity index (χ0n) is 15.9. The summed E-state index contributed by atoms with van der Waals surface area (Å²) in [6.45, 7) is 4.15. The second kappa shape index (κ2) is 8.00. The van der Waals surface area contributed by atoms with Crippen molar-refractivity contribution in [2.75, 3.05) is 7.11 Å². The number of benzene rings is 3. The Bertz CT molecular complexity index is 904. The van der Waals surface area contributed by atoms with Crippen LogP contribution in [0, 0.1) is 6.92 Å². The van der Waals surface area contributed by atoms with Gasteiger partial charge in [-0.2, -0.15) is 0 Å². The van der Waals surface area contributed by atoms with Crippen molar-refractivity contribution in [3.8, 4) is 17.2 Å². The number of aromatic hydroxyl groups is 2. The molecule has 0 radical (unpaired) electrons. The van der Waals surface area contributed by atoms with Crippen molar-refractivity contribution < 1.29 is 14.9 Å². The van der Waals surface area contributed by atoms with Crippen molar-refractivity contribution in [1.29, 1.82) is 0 Å². The van der Waals surface area contributed by atoms with Crippen molar-refractivity contribution in [1.82, 2.24) is 0 Å². The summed E-state index contributed by atoms with van der Waals surface area (Å²) in [4.78, 5) is 0. The zero-order chi connectivity index (χ0) is 19.4. The average Bonchev–Trinajstić information content (AvgIpc) is 2.68. The molecule has 27 heavy (non-hydrogen) atoms. The number of aryl methyl sites for hydroxylation is 1. The smallest absolute Gasteiger partial charge is 0.122 e. The fourth-order valence-corrected chi connectivity index (χ4v) is 3.30. The number of allylic oxidation sites excluding steroid dienone is 1. The van der Waals surface area contributed by atoms with Crippen LogP contribution >= 0.6 is 0 Å². The lowest BCUT2D eigenvalue weighted by Crippen LogP contribution is -1.96. The van der Waals surface area contributed by atoms with Crippen LogP contribution in [0.1, 0.15) is 35.6 Å². The van der Waals surface area contributed by atoms with Gasteiger partial charge < -0.3 is 14.9 Å². The fourth-order valence-electron chi connectivity index (χ4n) is 3.30. The summed E-state index contributed by atoms with van der Waals surface area (Å²) in [6.07, 6.45) is 0.823. The number of rotatable bonds is 5. The van der Waals surface area contributed by atoms with Crippen molar-refractivity contribution in [3.05, 3.63) is 89.0 Å². The number of phenolic OH excluding ortho intramolecular Hbond substituents is 2. The molecule has 3 nitrogen and oxygen atoms in total.